The van der Waals surface area contributed by atoms with Gasteiger partial charge in [-0.15, -0.1) is 0 Å². The van der Waals surface area contributed by atoms with Gasteiger partial charge >= 0.3 is 6.18 Å². The Morgan fingerprint density at radius 1 is 1.24 bits per heavy atom. The van der Waals surface area contributed by atoms with Gasteiger partial charge in [-0.2, -0.15) is 18.4 Å². The fourth-order valence-corrected chi connectivity index (χ4v) is 2.20. The van der Waals surface area contributed by atoms with Gasteiger partial charge in [0.05, 0.1) is 11.6 Å². The van der Waals surface area contributed by atoms with Crippen molar-refractivity contribution in [1.82, 2.24) is 0 Å². The van der Waals surface area contributed by atoms with Crippen LogP contribution in [0.3, 0.4) is 0 Å². The third-order valence-electron chi connectivity index (χ3n) is 3.56. The molecule has 0 aliphatic heterocycles. The van der Waals surface area contributed by atoms with Crippen molar-refractivity contribution in [3.8, 4) is 6.07 Å². The molecule has 1 aliphatic carbocycles. The fourth-order valence-electron chi connectivity index (χ4n) is 2.20. The van der Waals surface area contributed by atoms with Crippen molar-refractivity contribution in [3.63, 3.8) is 0 Å². The number of nitrogens with zero attached hydrogens (tertiary/aromatic N) is 1. The Balaban J connectivity index is 2.63. The Morgan fingerprint density at radius 2 is 1.81 bits per heavy atom. The number of halogens is 3. The standard InChI is InChI=1S/C16H11F3NO/c1-10-7-13(12-5-3-11(9-20)4-6-12)15(2,14(21)8-10)16(17,18)19/h3-7H,1-2H3. The minimum absolute atomic E-state index is 0.124. The Bertz CT molecular complexity index is 690. The molecule has 0 saturated carbocycles. The summed E-state index contributed by atoms with van der Waals surface area (Å²) >= 11 is 0. The number of Topliss-reactive ketones (excluding diaryl/α,β-unsaturated/α-hetero) is 1. The molecule has 0 fully saturated rings. The molecule has 1 aromatic rings. The third-order valence-corrected chi connectivity index (χ3v) is 3.56. The summed E-state index contributed by atoms with van der Waals surface area (Å²) in [5.74, 6) is -1.10. The van der Waals surface area contributed by atoms with E-state index in [2.05, 4.69) is 6.08 Å². The van der Waals surface area contributed by atoms with E-state index in [1.807, 2.05) is 6.07 Å². The van der Waals surface area contributed by atoms with E-state index in [9.17, 15) is 18.0 Å². The van der Waals surface area contributed by atoms with E-state index in [-0.39, 0.29) is 11.1 Å². The van der Waals surface area contributed by atoms with Crippen LogP contribution in [0.4, 0.5) is 13.2 Å². The number of hydrogen-bond donors (Lipinski definition) is 0. The maximum absolute atomic E-state index is 13.4. The van der Waals surface area contributed by atoms with Crippen LogP contribution >= 0.6 is 0 Å². The quantitative estimate of drug-likeness (QED) is 0.788. The molecule has 2 nitrogen and oxygen atoms in total. The molecule has 0 N–H and O–H groups in total. The van der Waals surface area contributed by atoms with Gasteiger partial charge in [0, 0.05) is 6.08 Å². The molecular formula is C16H11F3NO. The highest BCUT2D eigenvalue weighted by molar-refractivity contribution is 6.05. The monoisotopic (exact) mass is 290 g/mol. The lowest BCUT2D eigenvalue weighted by Crippen LogP contribution is -2.44. The summed E-state index contributed by atoms with van der Waals surface area (Å²) in [5.41, 5.74) is -1.79. The lowest BCUT2D eigenvalue weighted by molar-refractivity contribution is -0.195. The molecule has 0 saturated heterocycles. The molecule has 107 valence electrons. The highest BCUT2D eigenvalue weighted by Gasteiger charge is 2.59. The van der Waals surface area contributed by atoms with Crippen LogP contribution in [0.2, 0.25) is 0 Å². The third kappa shape index (κ3) is 2.38. The van der Waals surface area contributed by atoms with Crippen LogP contribution in [0.15, 0.2) is 35.9 Å². The second-order valence-electron chi connectivity index (χ2n) is 5.01. The van der Waals surface area contributed by atoms with E-state index in [4.69, 9.17) is 5.26 Å². The summed E-state index contributed by atoms with van der Waals surface area (Å²) in [4.78, 5) is 11.9. The lowest BCUT2D eigenvalue weighted by Gasteiger charge is -2.34. The number of hydrogen-bond acceptors (Lipinski definition) is 2. The number of allylic oxidation sites excluding steroid dienone is 4. The first-order valence-electron chi connectivity index (χ1n) is 6.14. The molecule has 0 amide bonds. The summed E-state index contributed by atoms with van der Waals surface area (Å²) < 4.78 is 40.3. The van der Waals surface area contributed by atoms with Crippen molar-refractivity contribution < 1.29 is 18.0 Å². The summed E-state index contributed by atoms with van der Waals surface area (Å²) in [6, 6.07) is 7.58. The predicted octanol–water partition coefficient (Wildman–Crippen LogP) is 3.84. The largest absolute Gasteiger partial charge is 0.405 e. The average molecular weight is 290 g/mol. The van der Waals surface area contributed by atoms with Crippen molar-refractivity contribution in [2.45, 2.75) is 20.0 Å². The molecule has 1 unspecified atom stereocenters. The number of carbonyl (C=O) groups is 1. The van der Waals surface area contributed by atoms with Gasteiger partial charge in [-0.05, 0) is 42.7 Å². The zero-order chi connectivity index (χ0) is 15.8. The molecule has 2 rings (SSSR count). The normalized spacial score (nSPS) is 22.4. The van der Waals surface area contributed by atoms with Gasteiger partial charge in [0.2, 0.25) is 0 Å². The predicted molar refractivity (Wildman–Crippen MR) is 70.7 cm³/mol. The van der Waals surface area contributed by atoms with Crippen molar-refractivity contribution in [1.29, 1.82) is 5.26 Å². The molecule has 0 aromatic heterocycles. The fraction of sp³-hybridized carbons (Fsp3) is 0.250. The van der Waals surface area contributed by atoms with Gasteiger partial charge in [0.25, 0.3) is 0 Å². The van der Waals surface area contributed by atoms with Crippen LogP contribution in [0.1, 0.15) is 25.0 Å². The average Bonchev–Trinajstić information content (AvgIpc) is 2.41. The maximum atomic E-state index is 13.4. The first kappa shape index (κ1) is 15.0. The van der Waals surface area contributed by atoms with Crippen LogP contribution in [-0.2, 0) is 4.79 Å². The van der Waals surface area contributed by atoms with E-state index < -0.39 is 17.4 Å². The molecule has 0 heterocycles. The van der Waals surface area contributed by atoms with E-state index in [0.717, 1.165) is 6.92 Å². The highest BCUT2D eigenvalue weighted by Crippen LogP contribution is 2.50. The topological polar surface area (TPSA) is 40.9 Å². The molecule has 0 spiro atoms. The van der Waals surface area contributed by atoms with Crippen LogP contribution in [0.5, 0.6) is 0 Å². The lowest BCUT2D eigenvalue weighted by atomic mass is 9.71. The van der Waals surface area contributed by atoms with Gasteiger partial charge in [-0.1, -0.05) is 18.2 Å². The van der Waals surface area contributed by atoms with Crippen molar-refractivity contribution in [2.75, 3.05) is 0 Å². The second-order valence-corrected chi connectivity index (χ2v) is 5.01. The minimum Gasteiger partial charge on any atom is -0.293 e. The minimum atomic E-state index is -4.72. The van der Waals surface area contributed by atoms with Gasteiger partial charge in [-0.3, -0.25) is 4.79 Å². The molecule has 1 radical (unpaired) electrons. The van der Waals surface area contributed by atoms with E-state index in [1.165, 1.54) is 37.3 Å². The summed E-state index contributed by atoms with van der Waals surface area (Å²) in [6.07, 6.45) is -1.18. The number of nitriles is 1. The zero-order valence-corrected chi connectivity index (χ0v) is 11.4. The number of benzene rings is 1. The van der Waals surface area contributed by atoms with Gasteiger partial charge in [0.15, 0.2) is 11.2 Å². The van der Waals surface area contributed by atoms with E-state index in [1.54, 1.807) is 0 Å². The molecule has 1 aromatic carbocycles. The smallest absolute Gasteiger partial charge is 0.293 e. The van der Waals surface area contributed by atoms with Crippen molar-refractivity contribution >= 4 is 11.4 Å². The Labute approximate surface area is 120 Å². The van der Waals surface area contributed by atoms with E-state index in [0.29, 0.717) is 11.1 Å². The first-order valence-corrected chi connectivity index (χ1v) is 6.14. The maximum Gasteiger partial charge on any atom is 0.405 e. The number of rotatable bonds is 1. The van der Waals surface area contributed by atoms with Crippen LogP contribution in [0, 0.1) is 22.8 Å². The van der Waals surface area contributed by atoms with Crippen LogP contribution in [-0.4, -0.2) is 12.0 Å². The van der Waals surface area contributed by atoms with Crippen molar-refractivity contribution in [2.24, 2.45) is 5.41 Å². The number of carbonyl (C=O) groups excluding carboxylic acids is 1. The molecule has 21 heavy (non-hydrogen) atoms. The van der Waals surface area contributed by atoms with Crippen molar-refractivity contribution in [3.05, 3.63) is 53.1 Å². The summed E-state index contributed by atoms with van der Waals surface area (Å²) in [7, 11) is 0. The van der Waals surface area contributed by atoms with Gasteiger partial charge < -0.3 is 0 Å². The molecule has 1 atom stereocenters. The Kier molecular flexibility index (Phi) is 3.50. The number of ketones is 1. The van der Waals surface area contributed by atoms with Gasteiger partial charge in [-0.25, -0.2) is 0 Å². The summed E-state index contributed by atoms with van der Waals surface area (Å²) in [5, 5.41) is 8.74. The van der Waals surface area contributed by atoms with Crippen LogP contribution < -0.4 is 0 Å². The van der Waals surface area contributed by atoms with Crippen LogP contribution in [0.25, 0.3) is 5.57 Å². The molecule has 5 heteroatoms. The highest BCUT2D eigenvalue weighted by atomic mass is 19.4. The summed E-state index contributed by atoms with van der Waals surface area (Å²) in [6.45, 7) is 2.39. The zero-order valence-electron chi connectivity index (χ0n) is 11.4. The Morgan fingerprint density at radius 3 is 2.29 bits per heavy atom. The number of alkyl halides is 3. The molecule has 0 bridgehead atoms. The molecular weight excluding hydrogens is 279 g/mol. The first-order chi connectivity index (χ1) is 9.70. The molecule has 1 aliphatic rings. The van der Waals surface area contributed by atoms with Gasteiger partial charge in [0.1, 0.15) is 0 Å². The second kappa shape index (κ2) is 4.88. The van der Waals surface area contributed by atoms with E-state index >= 15 is 0 Å². The SMILES string of the molecule is CC1=[C]C(=O)C(C)(C(F)(F)F)C(c2ccc(C#N)cc2)=C1. The Hall–Kier alpha value is -2.35.